The Labute approximate surface area is 158 Å². The lowest BCUT2D eigenvalue weighted by Crippen LogP contribution is -2.28. The summed E-state index contributed by atoms with van der Waals surface area (Å²) >= 11 is 5.73. The molecule has 0 saturated carbocycles. The Morgan fingerprint density at radius 3 is 2.46 bits per heavy atom. The number of rotatable bonds is 8. The quantitative estimate of drug-likeness (QED) is 0.723. The van der Waals surface area contributed by atoms with Gasteiger partial charge in [-0.3, -0.25) is 4.79 Å². The van der Waals surface area contributed by atoms with E-state index in [1.807, 2.05) is 39.0 Å². The van der Waals surface area contributed by atoms with Gasteiger partial charge >= 0.3 is 0 Å². The van der Waals surface area contributed by atoms with Crippen LogP contribution in [0.1, 0.15) is 37.9 Å². The van der Waals surface area contributed by atoms with E-state index in [4.69, 9.17) is 21.1 Å². The van der Waals surface area contributed by atoms with Crippen LogP contribution in [-0.4, -0.2) is 19.1 Å². The second kappa shape index (κ2) is 9.43. The Morgan fingerprint density at radius 1 is 1.12 bits per heavy atom. The number of amides is 1. The Balaban J connectivity index is 2.07. The molecule has 0 spiro atoms. The van der Waals surface area contributed by atoms with Crippen molar-refractivity contribution in [1.29, 1.82) is 0 Å². The summed E-state index contributed by atoms with van der Waals surface area (Å²) in [7, 11) is 0. The zero-order valence-corrected chi connectivity index (χ0v) is 15.9. The highest BCUT2D eigenvalue weighted by molar-refractivity contribution is 6.30. The van der Waals surface area contributed by atoms with Crippen molar-refractivity contribution in [3.05, 3.63) is 58.4 Å². The van der Waals surface area contributed by atoms with Crippen LogP contribution in [0.25, 0.3) is 0 Å². The molecule has 26 heavy (non-hydrogen) atoms. The largest absolute Gasteiger partial charge is 0.490 e. The second-order valence-electron chi connectivity index (χ2n) is 5.77. The number of benzene rings is 2. The molecule has 140 valence electrons. The van der Waals surface area contributed by atoms with E-state index in [-0.39, 0.29) is 18.4 Å². The molecule has 2 aromatic carbocycles. The van der Waals surface area contributed by atoms with Gasteiger partial charge in [-0.05, 0) is 56.2 Å². The first kappa shape index (κ1) is 20.0. The smallest absolute Gasteiger partial charge is 0.225 e. The molecule has 4 nitrogen and oxygen atoms in total. The Morgan fingerprint density at radius 2 is 1.81 bits per heavy atom. The van der Waals surface area contributed by atoms with Crippen LogP contribution in [0.4, 0.5) is 4.39 Å². The van der Waals surface area contributed by atoms with Crippen LogP contribution in [0, 0.1) is 5.82 Å². The van der Waals surface area contributed by atoms with Crippen molar-refractivity contribution in [2.75, 3.05) is 13.2 Å². The monoisotopic (exact) mass is 379 g/mol. The molecule has 0 aromatic heterocycles. The van der Waals surface area contributed by atoms with Crippen LogP contribution in [0.3, 0.4) is 0 Å². The molecule has 2 rings (SSSR count). The van der Waals surface area contributed by atoms with Crippen molar-refractivity contribution in [2.24, 2.45) is 0 Å². The molecule has 0 unspecified atom stereocenters. The number of hydrogen-bond acceptors (Lipinski definition) is 3. The van der Waals surface area contributed by atoms with Crippen molar-refractivity contribution >= 4 is 17.5 Å². The van der Waals surface area contributed by atoms with E-state index >= 15 is 0 Å². The SMILES string of the molecule is CCOc1ccc([C@H](C)NC(=O)Cc2ccc(Cl)cc2F)cc1OCC. The van der Waals surface area contributed by atoms with E-state index in [9.17, 15) is 9.18 Å². The van der Waals surface area contributed by atoms with Crippen LogP contribution in [0.5, 0.6) is 11.5 Å². The van der Waals surface area contributed by atoms with Crippen molar-refractivity contribution in [3.63, 3.8) is 0 Å². The van der Waals surface area contributed by atoms with Gasteiger partial charge in [0.15, 0.2) is 11.5 Å². The van der Waals surface area contributed by atoms with Crippen LogP contribution >= 0.6 is 11.6 Å². The number of carbonyl (C=O) groups is 1. The predicted molar refractivity (Wildman–Crippen MR) is 100 cm³/mol. The zero-order valence-electron chi connectivity index (χ0n) is 15.1. The van der Waals surface area contributed by atoms with Crippen molar-refractivity contribution in [2.45, 2.75) is 33.2 Å². The van der Waals surface area contributed by atoms with E-state index in [0.29, 0.717) is 35.3 Å². The first-order valence-corrected chi connectivity index (χ1v) is 8.95. The summed E-state index contributed by atoms with van der Waals surface area (Å²) in [4.78, 5) is 12.2. The molecule has 0 aliphatic heterocycles. The molecule has 0 fully saturated rings. The van der Waals surface area contributed by atoms with Gasteiger partial charge in [-0.2, -0.15) is 0 Å². The molecular weight excluding hydrogens is 357 g/mol. The van der Waals surface area contributed by atoms with Crippen LogP contribution in [0.15, 0.2) is 36.4 Å². The van der Waals surface area contributed by atoms with Gasteiger partial charge in [-0.25, -0.2) is 4.39 Å². The van der Waals surface area contributed by atoms with Crippen molar-refractivity contribution < 1.29 is 18.7 Å². The first-order chi connectivity index (χ1) is 12.4. The molecule has 0 bridgehead atoms. The fourth-order valence-corrected chi connectivity index (χ4v) is 2.71. The maximum absolute atomic E-state index is 13.8. The zero-order chi connectivity index (χ0) is 19.1. The van der Waals surface area contributed by atoms with Gasteiger partial charge in [0.25, 0.3) is 0 Å². The Kier molecular flexibility index (Phi) is 7.27. The lowest BCUT2D eigenvalue weighted by Gasteiger charge is -2.17. The van der Waals surface area contributed by atoms with Crippen LogP contribution < -0.4 is 14.8 Å². The lowest BCUT2D eigenvalue weighted by molar-refractivity contribution is -0.121. The normalized spacial score (nSPS) is 11.7. The summed E-state index contributed by atoms with van der Waals surface area (Å²) in [5.41, 5.74) is 1.18. The minimum Gasteiger partial charge on any atom is -0.490 e. The summed E-state index contributed by atoms with van der Waals surface area (Å²) in [5.74, 6) is 0.544. The minimum absolute atomic E-state index is 0.0529. The van der Waals surface area contributed by atoms with E-state index in [1.54, 1.807) is 6.07 Å². The lowest BCUT2D eigenvalue weighted by atomic mass is 10.1. The third kappa shape index (κ3) is 5.36. The highest BCUT2D eigenvalue weighted by Gasteiger charge is 2.15. The molecule has 0 aliphatic rings. The maximum atomic E-state index is 13.8. The van der Waals surface area contributed by atoms with Crippen LogP contribution in [0.2, 0.25) is 5.02 Å². The summed E-state index contributed by atoms with van der Waals surface area (Å²) in [6, 6.07) is 9.58. The van der Waals surface area contributed by atoms with Gasteiger partial charge in [0.05, 0.1) is 25.7 Å². The average molecular weight is 380 g/mol. The van der Waals surface area contributed by atoms with Gasteiger partial charge in [0, 0.05) is 5.02 Å². The molecule has 1 atom stereocenters. The average Bonchev–Trinajstić information content (AvgIpc) is 2.59. The highest BCUT2D eigenvalue weighted by atomic mass is 35.5. The molecule has 0 radical (unpaired) electrons. The number of hydrogen-bond donors (Lipinski definition) is 1. The van der Waals surface area contributed by atoms with Gasteiger partial charge in [0.1, 0.15) is 5.82 Å². The fourth-order valence-electron chi connectivity index (χ4n) is 2.55. The summed E-state index contributed by atoms with van der Waals surface area (Å²) in [6.07, 6.45) is -0.0529. The van der Waals surface area contributed by atoms with Gasteiger partial charge in [-0.15, -0.1) is 0 Å². The standard InChI is InChI=1S/C20H23ClFNO3/c1-4-25-18-9-7-14(10-19(18)26-5-2)13(3)23-20(24)11-15-6-8-16(21)12-17(15)22/h6-10,12-13H,4-5,11H2,1-3H3,(H,23,24)/t13-/m0/s1. The Hall–Kier alpha value is -2.27. The predicted octanol–water partition coefficient (Wildman–Crippen LogP) is 4.70. The molecule has 2 aromatic rings. The van der Waals surface area contributed by atoms with Crippen molar-refractivity contribution in [1.82, 2.24) is 5.32 Å². The van der Waals surface area contributed by atoms with E-state index in [0.717, 1.165) is 5.56 Å². The molecule has 1 N–H and O–H groups in total. The third-order valence-electron chi connectivity index (χ3n) is 3.81. The van der Waals surface area contributed by atoms with E-state index < -0.39 is 5.82 Å². The summed E-state index contributed by atoms with van der Waals surface area (Å²) in [6.45, 7) is 6.72. The third-order valence-corrected chi connectivity index (χ3v) is 4.05. The van der Waals surface area contributed by atoms with Gasteiger partial charge in [-0.1, -0.05) is 23.7 Å². The highest BCUT2D eigenvalue weighted by Crippen LogP contribution is 2.30. The maximum Gasteiger partial charge on any atom is 0.225 e. The topological polar surface area (TPSA) is 47.6 Å². The minimum atomic E-state index is -0.486. The first-order valence-electron chi connectivity index (χ1n) is 8.57. The number of nitrogens with one attached hydrogen (secondary N) is 1. The summed E-state index contributed by atoms with van der Waals surface area (Å²) in [5, 5.41) is 3.18. The van der Waals surface area contributed by atoms with Gasteiger partial charge < -0.3 is 14.8 Å². The molecule has 6 heteroatoms. The second-order valence-corrected chi connectivity index (χ2v) is 6.21. The van der Waals surface area contributed by atoms with E-state index in [1.165, 1.54) is 12.1 Å². The van der Waals surface area contributed by atoms with Crippen LogP contribution in [-0.2, 0) is 11.2 Å². The number of halogens is 2. The van der Waals surface area contributed by atoms with Gasteiger partial charge in [0.2, 0.25) is 5.91 Å². The molecule has 0 saturated heterocycles. The fraction of sp³-hybridized carbons (Fsp3) is 0.350. The molecule has 0 heterocycles. The molecule has 0 aliphatic carbocycles. The molecular formula is C20H23ClFNO3. The number of carbonyl (C=O) groups excluding carboxylic acids is 1. The Bertz CT molecular complexity index is 767. The molecule has 1 amide bonds. The summed E-state index contributed by atoms with van der Waals surface area (Å²) < 4.78 is 25.0. The number of ether oxygens (including phenoxy) is 2. The van der Waals surface area contributed by atoms with Crippen molar-refractivity contribution in [3.8, 4) is 11.5 Å². The van der Waals surface area contributed by atoms with E-state index in [2.05, 4.69) is 5.32 Å².